The predicted molar refractivity (Wildman–Crippen MR) is 136 cm³/mol. The molecular weight excluding hydrogens is 424 g/mol. The first-order valence-electron chi connectivity index (χ1n) is 13.8. The first kappa shape index (κ1) is 26.4. The maximum Gasteiger partial charge on any atom is 0.138 e. The Bertz CT molecular complexity index is 866. The van der Waals surface area contributed by atoms with Crippen LogP contribution in [0.25, 0.3) is 0 Å². The summed E-state index contributed by atoms with van der Waals surface area (Å²) in [6.45, 7) is 17.3. The molecule has 0 saturated heterocycles. The van der Waals surface area contributed by atoms with Crippen LogP contribution in [-0.4, -0.2) is 38.9 Å². The third-order valence-electron chi connectivity index (χ3n) is 12.0. The maximum atomic E-state index is 12.9. The van der Waals surface area contributed by atoms with Crippen molar-refractivity contribution in [1.82, 2.24) is 0 Å². The number of fused-ring (bicyclic) bond motifs is 5. The standard InChI is InChI=1S/C30H50O4/c1-18(17-21(31)25(33)27(4,5)34)19-11-15-29(7)20(19)9-10-23-28(6)14-13-24(32)26(2,3)22(28)12-16-30(23,29)8/h18,21-23,25,31,33-34H,9-17H2,1-8H3/t18-,21+,22?,23+,25+,28+,29+,30+/m1/s1. The highest BCUT2D eigenvalue weighted by atomic mass is 16.4. The lowest BCUT2D eigenvalue weighted by Gasteiger charge is -2.68. The fourth-order valence-corrected chi connectivity index (χ4v) is 9.70. The van der Waals surface area contributed by atoms with Crippen LogP contribution in [0.15, 0.2) is 11.1 Å². The van der Waals surface area contributed by atoms with Gasteiger partial charge in [-0.05, 0) is 99.2 Å². The first-order valence-corrected chi connectivity index (χ1v) is 13.8. The fraction of sp³-hybridized carbons (Fsp3) is 0.900. The molecule has 4 aliphatic carbocycles. The molecule has 0 amide bonds. The molecule has 4 heteroatoms. The van der Waals surface area contributed by atoms with Gasteiger partial charge in [0.2, 0.25) is 0 Å². The molecule has 0 aromatic carbocycles. The molecule has 0 aliphatic heterocycles. The Morgan fingerprint density at radius 3 is 2.21 bits per heavy atom. The number of hydrogen-bond donors (Lipinski definition) is 3. The van der Waals surface area contributed by atoms with Gasteiger partial charge in [0.05, 0.1) is 11.7 Å². The Morgan fingerprint density at radius 2 is 1.59 bits per heavy atom. The van der Waals surface area contributed by atoms with Gasteiger partial charge < -0.3 is 15.3 Å². The molecule has 3 fully saturated rings. The topological polar surface area (TPSA) is 77.8 Å². The fourth-order valence-electron chi connectivity index (χ4n) is 9.70. The summed E-state index contributed by atoms with van der Waals surface area (Å²) in [4.78, 5) is 12.9. The van der Waals surface area contributed by atoms with Gasteiger partial charge in [0.1, 0.15) is 11.9 Å². The van der Waals surface area contributed by atoms with Crippen molar-refractivity contribution in [3.05, 3.63) is 11.1 Å². The third kappa shape index (κ3) is 3.60. The van der Waals surface area contributed by atoms with E-state index in [1.807, 2.05) is 0 Å². The number of hydrogen-bond acceptors (Lipinski definition) is 4. The molecule has 8 atom stereocenters. The van der Waals surface area contributed by atoms with Crippen molar-refractivity contribution in [2.75, 3.05) is 0 Å². The minimum atomic E-state index is -1.31. The van der Waals surface area contributed by atoms with Gasteiger partial charge in [-0.15, -0.1) is 0 Å². The summed E-state index contributed by atoms with van der Waals surface area (Å²) in [5, 5.41) is 31.2. The maximum absolute atomic E-state index is 12.9. The van der Waals surface area contributed by atoms with Crippen molar-refractivity contribution in [3.8, 4) is 0 Å². The average Bonchev–Trinajstić information content (AvgIpc) is 3.08. The van der Waals surface area contributed by atoms with Gasteiger partial charge in [0.15, 0.2) is 0 Å². The normalized spacial score (nSPS) is 42.5. The van der Waals surface area contributed by atoms with Gasteiger partial charge in [-0.2, -0.15) is 0 Å². The molecule has 0 heterocycles. The van der Waals surface area contributed by atoms with Gasteiger partial charge in [-0.3, -0.25) is 4.79 Å². The molecule has 1 unspecified atom stereocenters. The molecule has 0 aromatic rings. The predicted octanol–water partition coefficient (Wildman–Crippen LogP) is 5.82. The largest absolute Gasteiger partial charge is 0.390 e. The molecular formula is C30H50O4. The van der Waals surface area contributed by atoms with Crippen molar-refractivity contribution in [3.63, 3.8) is 0 Å². The number of aliphatic hydroxyl groups is 3. The highest BCUT2D eigenvalue weighted by Gasteiger charge is 2.66. The third-order valence-corrected chi connectivity index (χ3v) is 12.0. The Hall–Kier alpha value is -0.710. The van der Waals surface area contributed by atoms with Crippen LogP contribution in [0.1, 0.15) is 113 Å². The SMILES string of the molecule is C[C@H](C[C@H](O)[C@H](O)C(C)(C)O)C1=C2CC[C@H]3[C@@]4(C)CCC(=O)C(C)(C)C4CC[C@]3(C)[C@@]2(C)CC1. The lowest BCUT2D eigenvalue weighted by molar-refractivity contribution is -0.180. The van der Waals surface area contributed by atoms with Gasteiger partial charge >= 0.3 is 0 Å². The van der Waals surface area contributed by atoms with Crippen molar-refractivity contribution in [2.24, 2.45) is 39.4 Å². The summed E-state index contributed by atoms with van der Waals surface area (Å²) in [5.74, 6) is 1.77. The summed E-state index contributed by atoms with van der Waals surface area (Å²) < 4.78 is 0. The van der Waals surface area contributed by atoms with Gasteiger partial charge in [-0.25, -0.2) is 0 Å². The number of rotatable bonds is 5. The van der Waals surface area contributed by atoms with Crippen LogP contribution in [0.2, 0.25) is 0 Å². The molecule has 0 aromatic heterocycles. The molecule has 4 rings (SSSR count). The van der Waals surface area contributed by atoms with Crippen LogP contribution in [-0.2, 0) is 4.79 Å². The van der Waals surface area contributed by atoms with Crippen molar-refractivity contribution < 1.29 is 20.1 Å². The van der Waals surface area contributed by atoms with E-state index < -0.39 is 17.8 Å². The minimum absolute atomic E-state index is 0.166. The van der Waals surface area contributed by atoms with Gasteiger partial charge in [0, 0.05) is 11.8 Å². The second kappa shape index (κ2) is 8.15. The molecule has 0 bridgehead atoms. The lowest BCUT2D eigenvalue weighted by atomic mass is 9.36. The lowest BCUT2D eigenvalue weighted by Crippen LogP contribution is -2.62. The molecule has 34 heavy (non-hydrogen) atoms. The van der Waals surface area contributed by atoms with E-state index >= 15 is 0 Å². The van der Waals surface area contributed by atoms with Crippen LogP contribution in [0.5, 0.6) is 0 Å². The molecule has 3 N–H and O–H groups in total. The van der Waals surface area contributed by atoms with E-state index in [1.165, 1.54) is 24.8 Å². The van der Waals surface area contributed by atoms with E-state index in [9.17, 15) is 20.1 Å². The van der Waals surface area contributed by atoms with E-state index in [0.29, 0.717) is 24.0 Å². The van der Waals surface area contributed by atoms with E-state index in [1.54, 1.807) is 19.4 Å². The zero-order valence-electron chi connectivity index (χ0n) is 23.0. The quantitative estimate of drug-likeness (QED) is 0.439. The highest BCUT2D eigenvalue weighted by molar-refractivity contribution is 5.85. The summed E-state index contributed by atoms with van der Waals surface area (Å²) in [5.41, 5.74) is 2.22. The Labute approximate surface area is 207 Å². The number of carbonyl (C=O) groups excluding carboxylic acids is 1. The zero-order valence-corrected chi connectivity index (χ0v) is 23.0. The number of aliphatic hydroxyl groups excluding tert-OH is 2. The molecule has 0 radical (unpaired) electrons. The van der Waals surface area contributed by atoms with Crippen molar-refractivity contribution >= 4 is 5.78 Å². The van der Waals surface area contributed by atoms with Crippen LogP contribution in [0.4, 0.5) is 0 Å². The summed E-state index contributed by atoms with van der Waals surface area (Å²) in [6, 6.07) is 0. The van der Waals surface area contributed by atoms with Crippen LogP contribution < -0.4 is 0 Å². The molecule has 0 spiro atoms. The zero-order chi connectivity index (χ0) is 25.5. The smallest absolute Gasteiger partial charge is 0.138 e. The van der Waals surface area contributed by atoms with E-state index in [2.05, 4.69) is 41.5 Å². The molecule has 4 aliphatic rings. The summed E-state index contributed by atoms with van der Waals surface area (Å²) in [6.07, 6.45) is 7.08. The number of allylic oxidation sites excluding steroid dienone is 2. The van der Waals surface area contributed by atoms with Crippen LogP contribution in [0.3, 0.4) is 0 Å². The monoisotopic (exact) mass is 474 g/mol. The second-order valence-electron chi connectivity index (χ2n) is 14.4. The van der Waals surface area contributed by atoms with Crippen LogP contribution in [0, 0.1) is 39.4 Å². The van der Waals surface area contributed by atoms with Crippen molar-refractivity contribution in [1.29, 1.82) is 0 Å². The second-order valence-corrected chi connectivity index (χ2v) is 14.4. The van der Waals surface area contributed by atoms with Crippen molar-refractivity contribution in [2.45, 2.75) is 131 Å². The summed E-state index contributed by atoms with van der Waals surface area (Å²) >= 11 is 0. The van der Waals surface area contributed by atoms with E-state index in [4.69, 9.17) is 0 Å². The Kier molecular flexibility index (Phi) is 6.32. The number of carbonyl (C=O) groups is 1. The molecule has 194 valence electrons. The number of ketones is 1. The van der Waals surface area contributed by atoms with Gasteiger partial charge in [-0.1, -0.05) is 52.7 Å². The van der Waals surface area contributed by atoms with Gasteiger partial charge in [0.25, 0.3) is 0 Å². The first-order chi connectivity index (χ1) is 15.5. The molecule has 4 nitrogen and oxygen atoms in total. The number of Topliss-reactive ketones (excluding diaryl/α,β-unsaturated/α-hetero) is 1. The Morgan fingerprint density at radius 1 is 0.941 bits per heavy atom. The highest BCUT2D eigenvalue weighted by Crippen LogP contribution is 2.74. The summed E-state index contributed by atoms with van der Waals surface area (Å²) in [7, 11) is 0. The minimum Gasteiger partial charge on any atom is -0.390 e. The van der Waals surface area contributed by atoms with E-state index in [0.717, 1.165) is 32.1 Å². The Balaban J connectivity index is 1.63. The average molecular weight is 475 g/mol. The van der Waals surface area contributed by atoms with E-state index in [-0.39, 0.29) is 27.6 Å². The molecule has 3 saturated carbocycles. The van der Waals surface area contributed by atoms with Crippen LogP contribution >= 0.6 is 0 Å².